The Kier molecular flexibility index (Phi) is 7.77. The largest absolute Gasteiger partial charge is 0.472 e. The van der Waals surface area contributed by atoms with Crippen LogP contribution in [0.1, 0.15) is 78.7 Å². The summed E-state index contributed by atoms with van der Waals surface area (Å²) in [6.45, 7) is 2.30. The summed E-state index contributed by atoms with van der Waals surface area (Å²) in [7, 11) is 4.16. The van der Waals surface area contributed by atoms with Gasteiger partial charge in [-0.05, 0) is 71.5 Å². The zero-order valence-corrected chi connectivity index (χ0v) is 26.4. The molecule has 1 atom stereocenters. The molecule has 0 spiro atoms. The van der Waals surface area contributed by atoms with Gasteiger partial charge in [-0.25, -0.2) is 0 Å². The van der Waals surface area contributed by atoms with E-state index in [1.165, 1.54) is 89.2 Å². The van der Waals surface area contributed by atoms with Gasteiger partial charge in [0.25, 0.3) is 0 Å². The summed E-state index contributed by atoms with van der Waals surface area (Å²) in [6, 6.07) is 37.6. The van der Waals surface area contributed by atoms with Crippen LogP contribution in [0.15, 0.2) is 109 Å². The lowest BCUT2D eigenvalue weighted by Crippen LogP contribution is -2.34. The second-order valence-electron chi connectivity index (χ2n) is 12.9. The van der Waals surface area contributed by atoms with Gasteiger partial charge in [0.05, 0.1) is 0 Å². The Balaban J connectivity index is 1.42. The summed E-state index contributed by atoms with van der Waals surface area (Å²) in [5.74, 6) is 1.58. The number of ether oxygens (including phenoxy) is 1. The van der Waals surface area contributed by atoms with Crippen molar-refractivity contribution in [1.82, 2.24) is 0 Å². The van der Waals surface area contributed by atoms with E-state index in [1.54, 1.807) is 0 Å². The monoisotopic (exact) mass is 577 g/mol. The third-order valence-electron chi connectivity index (χ3n) is 10.0. The molecule has 0 radical (unpaired) electrons. The molecule has 5 aromatic rings. The van der Waals surface area contributed by atoms with Crippen molar-refractivity contribution in [3.8, 4) is 16.9 Å². The molecule has 1 unspecified atom stereocenters. The van der Waals surface area contributed by atoms with Crippen molar-refractivity contribution in [3.05, 3.63) is 137 Å². The molecule has 7 rings (SSSR count). The second-order valence-corrected chi connectivity index (χ2v) is 12.9. The number of nitrogens with zero attached hydrogens (tertiary/aromatic N) is 1. The van der Waals surface area contributed by atoms with E-state index in [0.717, 1.165) is 16.9 Å². The molecule has 222 valence electrons. The highest BCUT2D eigenvalue weighted by Crippen LogP contribution is 2.50. The predicted molar refractivity (Wildman–Crippen MR) is 187 cm³/mol. The highest BCUT2D eigenvalue weighted by molar-refractivity contribution is 6.05. The van der Waals surface area contributed by atoms with Crippen LogP contribution in [0.3, 0.4) is 0 Å². The molecule has 0 saturated heterocycles. The van der Waals surface area contributed by atoms with Crippen LogP contribution in [0.4, 0.5) is 5.69 Å². The van der Waals surface area contributed by atoms with E-state index in [2.05, 4.69) is 141 Å². The Bertz CT molecular complexity index is 1790. The fourth-order valence-electron chi connectivity index (χ4n) is 7.62. The van der Waals surface area contributed by atoms with Gasteiger partial charge in [-0.3, -0.25) is 0 Å². The van der Waals surface area contributed by atoms with Crippen molar-refractivity contribution in [2.75, 3.05) is 19.0 Å². The Labute approximate surface area is 263 Å². The zero-order valence-electron chi connectivity index (χ0n) is 26.4. The summed E-state index contributed by atoms with van der Waals surface area (Å²) < 4.78 is 7.35. The Morgan fingerprint density at radius 3 is 2.00 bits per heavy atom. The van der Waals surface area contributed by atoms with Gasteiger partial charge < -0.3 is 9.64 Å². The predicted octanol–water partition coefficient (Wildman–Crippen LogP) is 11.1. The molecule has 1 heterocycles. The van der Waals surface area contributed by atoms with Crippen LogP contribution in [-0.2, 0) is 5.60 Å². The van der Waals surface area contributed by atoms with Crippen molar-refractivity contribution in [2.45, 2.75) is 63.4 Å². The SMILES string of the molecule is Cc1c2c(c3ccccc3c1-c1ccccc1C1CCCCCCC1)OC(c1ccccc1)(c1ccc(N(C)C)cc1)C=C2. The van der Waals surface area contributed by atoms with E-state index < -0.39 is 5.60 Å². The van der Waals surface area contributed by atoms with Gasteiger partial charge in [0, 0.05) is 41.9 Å². The Morgan fingerprint density at radius 2 is 1.27 bits per heavy atom. The number of rotatable bonds is 5. The van der Waals surface area contributed by atoms with Gasteiger partial charge in [-0.2, -0.15) is 0 Å². The third-order valence-corrected chi connectivity index (χ3v) is 10.0. The van der Waals surface area contributed by atoms with Gasteiger partial charge in [0.2, 0.25) is 0 Å². The quantitative estimate of drug-likeness (QED) is 0.206. The number of hydrogen-bond donors (Lipinski definition) is 0. The summed E-state index contributed by atoms with van der Waals surface area (Å²) >= 11 is 0. The van der Waals surface area contributed by atoms with E-state index in [9.17, 15) is 0 Å². The van der Waals surface area contributed by atoms with E-state index in [0.29, 0.717) is 5.92 Å². The topological polar surface area (TPSA) is 12.5 Å². The van der Waals surface area contributed by atoms with E-state index in [4.69, 9.17) is 4.74 Å². The molecule has 1 aliphatic carbocycles. The first-order valence-electron chi connectivity index (χ1n) is 16.4. The molecule has 5 aromatic carbocycles. The fourth-order valence-corrected chi connectivity index (χ4v) is 7.62. The van der Waals surface area contributed by atoms with Crippen LogP contribution in [0.5, 0.6) is 5.75 Å². The Hall–Kier alpha value is -4.30. The summed E-state index contributed by atoms with van der Waals surface area (Å²) in [6.07, 6.45) is 14.0. The first kappa shape index (κ1) is 28.5. The molecule has 2 aliphatic rings. The molecule has 1 fully saturated rings. The maximum absolute atomic E-state index is 7.35. The molecule has 0 aromatic heterocycles. The van der Waals surface area contributed by atoms with Crippen molar-refractivity contribution in [1.29, 1.82) is 0 Å². The second kappa shape index (κ2) is 12.0. The van der Waals surface area contributed by atoms with Gasteiger partial charge in [0.15, 0.2) is 5.60 Å². The summed E-state index contributed by atoms with van der Waals surface area (Å²) in [5.41, 5.74) is 9.42. The molecule has 2 heteroatoms. The van der Waals surface area contributed by atoms with Crippen molar-refractivity contribution >= 4 is 22.5 Å². The van der Waals surface area contributed by atoms with Gasteiger partial charge in [-0.1, -0.05) is 129 Å². The first-order chi connectivity index (χ1) is 21.6. The standard InChI is InChI=1S/C42H43NO/c1-30-35-28-29-42(32-18-10-7-11-19-32,33-24-26-34(27-25-33)43(2)3)44-41(35)39-23-15-14-22-38(39)40(30)37-21-13-12-20-36(37)31-16-8-5-4-6-9-17-31/h7,10-15,18-29,31H,4-6,8-9,16-17H2,1-3H3. The van der Waals surface area contributed by atoms with Crippen molar-refractivity contribution < 1.29 is 4.74 Å². The molecule has 44 heavy (non-hydrogen) atoms. The van der Waals surface area contributed by atoms with Gasteiger partial charge >= 0.3 is 0 Å². The molecule has 2 nitrogen and oxygen atoms in total. The van der Waals surface area contributed by atoms with Gasteiger partial charge in [-0.15, -0.1) is 0 Å². The zero-order chi connectivity index (χ0) is 30.1. The number of fused-ring (bicyclic) bond motifs is 3. The molecule has 0 N–H and O–H groups in total. The fraction of sp³-hybridized carbons (Fsp3) is 0.286. The molecule has 0 bridgehead atoms. The molecule has 0 amide bonds. The lowest BCUT2D eigenvalue weighted by Gasteiger charge is -2.38. The number of hydrogen-bond acceptors (Lipinski definition) is 2. The van der Waals surface area contributed by atoms with Crippen LogP contribution >= 0.6 is 0 Å². The molecular formula is C42H43NO. The van der Waals surface area contributed by atoms with Crippen LogP contribution in [0.25, 0.3) is 28.0 Å². The molecule has 1 aliphatic heterocycles. The number of benzene rings is 5. The molecular weight excluding hydrogens is 534 g/mol. The summed E-state index contributed by atoms with van der Waals surface area (Å²) in [4.78, 5) is 2.14. The van der Waals surface area contributed by atoms with E-state index >= 15 is 0 Å². The van der Waals surface area contributed by atoms with Crippen LogP contribution in [-0.4, -0.2) is 14.1 Å². The minimum atomic E-state index is -0.730. The minimum Gasteiger partial charge on any atom is -0.472 e. The average Bonchev–Trinajstić information content (AvgIpc) is 3.05. The summed E-state index contributed by atoms with van der Waals surface area (Å²) in [5, 5.41) is 2.44. The maximum atomic E-state index is 7.35. The maximum Gasteiger partial charge on any atom is 0.178 e. The molecule has 1 saturated carbocycles. The van der Waals surface area contributed by atoms with Crippen LogP contribution in [0.2, 0.25) is 0 Å². The normalized spacial score (nSPS) is 18.7. The highest BCUT2D eigenvalue weighted by atomic mass is 16.5. The average molecular weight is 578 g/mol. The van der Waals surface area contributed by atoms with Crippen LogP contribution in [0, 0.1) is 6.92 Å². The van der Waals surface area contributed by atoms with E-state index in [-0.39, 0.29) is 0 Å². The van der Waals surface area contributed by atoms with Crippen LogP contribution < -0.4 is 9.64 Å². The van der Waals surface area contributed by atoms with Crippen molar-refractivity contribution in [3.63, 3.8) is 0 Å². The first-order valence-corrected chi connectivity index (χ1v) is 16.4. The smallest absolute Gasteiger partial charge is 0.178 e. The van der Waals surface area contributed by atoms with Crippen molar-refractivity contribution in [2.24, 2.45) is 0 Å². The highest BCUT2D eigenvalue weighted by Gasteiger charge is 2.38. The lowest BCUT2D eigenvalue weighted by molar-refractivity contribution is 0.163. The lowest BCUT2D eigenvalue weighted by atomic mass is 9.78. The van der Waals surface area contributed by atoms with E-state index in [1.807, 2.05) is 0 Å². The minimum absolute atomic E-state index is 0.614. The third kappa shape index (κ3) is 5.01. The number of anilines is 1. The Morgan fingerprint density at radius 1 is 0.659 bits per heavy atom. The van der Waals surface area contributed by atoms with Gasteiger partial charge in [0.1, 0.15) is 5.75 Å².